The van der Waals surface area contributed by atoms with Gasteiger partial charge in [0.15, 0.2) is 0 Å². The van der Waals surface area contributed by atoms with Crippen molar-refractivity contribution in [2.24, 2.45) is 11.7 Å². The Hall–Kier alpha value is -0.120. The van der Waals surface area contributed by atoms with E-state index >= 15 is 0 Å². The van der Waals surface area contributed by atoms with Crippen molar-refractivity contribution in [1.29, 1.82) is 0 Å². The van der Waals surface area contributed by atoms with Crippen LogP contribution in [0, 0.1) is 5.92 Å². The summed E-state index contributed by atoms with van der Waals surface area (Å²) in [6, 6.07) is 0.146. The van der Waals surface area contributed by atoms with Gasteiger partial charge in [-0.05, 0) is 19.8 Å². The standard InChI is InChI=1S/C10H21NO2/c1-3-10-8(5-6-13-10)9(11)7-12-4-2/h8-10H,3-7,11H2,1-2H3. The summed E-state index contributed by atoms with van der Waals surface area (Å²) in [5.41, 5.74) is 6.03. The van der Waals surface area contributed by atoms with Gasteiger partial charge in [0, 0.05) is 25.2 Å². The summed E-state index contributed by atoms with van der Waals surface area (Å²) in [5.74, 6) is 0.497. The Morgan fingerprint density at radius 3 is 2.92 bits per heavy atom. The van der Waals surface area contributed by atoms with E-state index in [9.17, 15) is 0 Å². The number of ether oxygens (including phenoxy) is 2. The van der Waals surface area contributed by atoms with Crippen LogP contribution in [0.3, 0.4) is 0 Å². The molecule has 78 valence electrons. The van der Waals surface area contributed by atoms with Crippen LogP contribution in [-0.4, -0.2) is 32.0 Å². The van der Waals surface area contributed by atoms with E-state index in [0.29, 0.717) is 18.6 Å². The maximum absolute atomic E-state index is 6.03. The molecule has 0 radical (unpaired) electrons. The molecule has 3 heteroatoms. The van der Waals surface area contributed by atoms with Crippen LogP contribution >= 0.6 is 0 Å². The van der Waals surface area contributed by atoms with Crippen molar-refractivity contribution < 1.29 is 9.47 Å². The first-order valence-corrected chi connectivity index (χ1v) is 5.24. The molecule has 0 spiro atoms. The van der Waals surface area contributed by atoms with Crippen molar-refractivity contribution in [2.45, 2.75) is 38.8 Å². The molecule has 0 amide bonds. The fraction of sp³-hybridized carbons (Fsp3) is 1.00. The van der Waals surface area contributed by atoms with Crippen LogP contribution in [0.2, 0.25) is 0 Å². The third-order valence-corrected chi connectivity index (χ3v) is 2.73. The second-order valence-electron chi connectivity index (χ2n) is 3.59. The number of hydrogen-bond acceptors (Lipinski definition) is 3. The van der Waals surface area contributed by atoms with Gasteiger partial charge in [-0.25, -0.2) is 0 Å². The van der Waals surface area contributed by atoms with Gasteiger partial charge < -0.3 is 15.2 Å². The van der Waals surface area contributed by atoms with Gasteiger partial charge >= 0.3 is 0 Å². The fourth-order valence-electron chi connectivity index (χ4n) is 1.95. The fourth-order valence-corrected chi connectivity index (χ4v) is 1.95. The van der Waals surface area contributed by atoms with Gasteiger partial charge in [0.2, 0.25) is 0 Å². The van der Waals surface area contributed by atoms with Gasteiger partial charge in [0.05, 0.1) is 12.7 Å². The lowest BCUT2D eigenvalue weighted by atomic mass is 9.92. The van der Waals surface area contributed by atoms with Gasteiger partial charge in [0.25, 0.3) is 0 Å². The smallest absolute Gasteiger partial charge is 0.0621 e. The molecule has 0 aromatic carbocycles. The van der Waals surface area contributed by atoms with E-state index in [1.165, 1.54) is 0 Å². The molecule has 1 aliphatic heterocycles. The lowest BCUT2D eigenvalue weighted by Crippen LogP contribution is -2.38. The van der Waals surface area contributed by atoms with E-state index in [2.05, 4.69) is 6.92 Å². The first kappa shape index (κ1) is 11.0. The predicted molar refractivity (Wildman–Crippen MR) is 52.6 cm³/mol. The largest absolute Gasteiger partial charge is 0.380 e. The van der Waals surface area contributed by atoms with Crippen LogP contribution in [-0.2, 0) is 9.47 Å². The van der Waals surface area contributed by atoms with Gasteiger partial charge in [-0.15, -0.1) is 0 Å². The molecule has 0 aromatic heterocycles. The average molecular weight is 187 g/mol. The molecular weight excluding hydrogens is 166 g/mol. The third-order valence-electron chi connectivity index (χ3n) is 2.73. The molecule has 1 saturated heterocycles. The van der Waals surface area contributed by atoms with Crippen molar-refractivity contribution in [1.82, 2.24) is 0 Å². The Morgan fingerprint density at radius 2 is 2.31 bits per heavy atom. The minimum atomic E-state index is 0.146. The molecule has 1 rings (SSSR count). The molecular formula is C10H21NO2. The van der Waals surface area contributed by atoms with Gasteiger partial charge in [0.1, 0.15) is 0 Å². The quantitative estimate of drug-likeness (QED) is 0.702. The molecule has 3 unspecified atom stereocenters. The summed E-state index contributed by atoms with van der Waals surface area (Å²) in [5, 5.41) is 0. The molecule has 3 atom stereocenters. The summed E-state index contributed by atoms with van der Waals surface area (Å²) in [6.45, 7) is 6.42. The zero-order valence-electron chi connectivity index (χ0n) is 8.66. The highest BCUT2D eigenvalue weighted by Crippen LogP contribution is 2.25. The SMILES string of the molecule is CCOCC(N)C1CCOC1CC. The molecule has 1 heterocycles. The van der Waals surface area contributed by atoms with Gasteiger partial charge in [-0.3, -0.25) is 0 Å². The van der Waals surface area contributed by atoms with Crippen LogP contribution in [0.5, 0.6) is 0 Å². The minimum absolute atomic E-state index is 0.146. The summed E-state index contributed by atoms with van der Waals surface area (Å²) < 4.78 is 10.9. The average Bonchev–Trinajstić information content (AvgIpc) is 2.61. The number of nitrogens with two attached hydrogens (primary N) is 1. The van der Waals surface area contributed by atoms with E-state index in [0.717, 1.165) is 26.1 Å². The Balaban J connectivity index is 2.31. The van der Waals surface area contributed by atoms with E-state index < -0.39 is 0 Å². The first-order valence-electron chi connectivity index (χ1n) is 5.24. The van der Waals surface area contributed by atoms with E-state index in [4.69, 9.17) is 15.2 Å². The second-order valence-corrected chi connectivity index (χ2v) is 3.59. The Morgan fingerprint density at radius 1 is 1.54 bits per heavy atom. The number of hydrogen-bond donors (Lipinski definition) is 1. The summed E-state index contributed by atoms with van der Waals surface area (Å²) in [6.07, 6.45) is 2.51. The first-order chi connectivity index (χ1) is 6.29. The highest BCUT2D eigenvalue weighted by Gasteiger charge is 2.31. The van der Waals surface area contributed by atoms with E-state index in [1.807, 2.05) is 6.92 Å². The van der Waals surface area contributed by atoms with Crippen LogP contribution in [0.25, 0.3) is 0 Å². The van der Waals surface area contributed by atoms with Gasteiger partial charge in [-0.1, -0.05) is 6.92 Å². The van der Waals surface area contributed by atoms with Crippen molar-refractivity contribution >= 4 is 0 Å². The van der Waals surface area contributed by atoms with Crippen molar-refractivity contribution in [3.63, 3.8) is 0 Å². The molecule has 1 aliphatic rings. The highest BCUT2D eigenvalue weighted by atomic mass is 16.5. The van der Waals surface area contributed by atoms with E-state index in [-0.39, 0.29) is 6.04 Å². The minimum Gasteiger partial charge on any atom is -0.380 e. The zero-order chi connectivity index (χ0) is 9.68. The van der Waals surface area contributed by atoms with Crippen molar-refractivity contribution in [3.8, 4) is 0 Å². The topological polar surface area (TPSA) is 44.5 Å². The summed E-state index contributed by atoms with van der Waals surface area (Å²) in [4.78, 5) is 0. The molecule has 0 saturated carbocycles. The lowest BCUT2D eigenvalue weighted by Gasteiger charge is -2.23. The highest BCUT2D eigenvalue weighted by molar-refractivity contribution is 4.83. The molecule has 0 aliphatic carbocycles. The molecule has 13 heavy (non-hydrogen) atoms. The zero-order valence-corrected chi connectivity index (χ0v) is 8.66. The Bertz CT molecular complexity index is 141. The maximum atomic E-state index is 6.03. The van der Waals surface area contributed by atoms with Crippen LogP contribution in [0.1, 0.15) is 26.7 Å². The summed E-state index contributed by atoms with van der Waals surface area (Å²) in [7, 11) is 0. The van der Waals surface area contributed by atoms with Crippen molar-refractivity contribution in [3.05, 3.63) is 0 Å². The van der Waals surface area contributed by atoms with Crippen LogP contribution in [0.15, 0.2) is 0 Å². The third kappa shape index (κ3) is 2.93. The lowest BCUT2D eigenvalue weighted by molar-refractivity contribution is 0.0603. The van der Waals surface area contributed by atoms with Crippen LogP contribution < -0.4 is 5.73 Å². The van der Waals surface area contributed by atoms with E-state index in [1.54, 1.807) is 0 Å². The molecule has 0 aromatic rings. The summed E-state index contributed by atoms with van der Waals surface area (Å²) >= 11 is 0. The Labute approximate surface area is 80.6 Å². The monoisotopic (exact) mass is 187 g/mol. The molecule has 2 N–H and O–H groups in total. The predicted octanol–water partition coefficient (Wildman–Crippen LogP) is 1.17. The molecule has 0 bridgehead atoms. The van der Waals surface area contributed by atoms with Crippen molar-refractivity contribution in [2.75, 3.05) is 19.8 Å². The Kier molecular flexibility index (Phi) is 4.70. The second kappa shape index (κ2) is 5.58. The number of rotatable bonds is 5. The van der Waals surface area contributed by atoms with Crippen LogP contribution in [0.4, 0.5) is 0 Å². The molecule has 3 nitrogen and oxygen atoms in total. The van der Waals surface area contributed by atoms with Gasteiger partial charge in [-0.2, -0.15) is 0 Å². The maximum Gasteiger partial charge on any atom is 0.0621 e. The molecule has 1 fully saturated rings. The normalized spacial score (nSPS) is 30.7.